The van der Waals surface area contributed by atoms with Gasteiger partial charge in [0, 0.05) is 24.7 Å². The standard InChI is InChI=1S/C22H28N2O4/c1-4-14-9-13-11-21(20(25)28-3)18(14)24(12-13)8-7-22(26)16-10-15(27-2)5-6-17(16)23-19(21)22/h5-6,10,13-14,18,26H,4,7-9,11-12H2,1-3H3/t13-,14+,18+,21+,22+/m1/s1. The minimum atomic E-state index is -1.25. The largest absolute Gasteiger partial charge is 0.497 e. The molecule has 3 saturated heterocycles. The molecule has 28 heavy (non-hydrogen) atoms. The number of benzene rings is 1. The molecule has 6 atom stereocenters. The number of aliphatic imine (C=N–C) groups is 1. The summed E-state index contributed by atoms with van der Waals surface area (Å²) in [5.41, 5.74) is -0.0401. The van der Waals surface area contributed by atoms with Crippen LogP contribution in [0.2, 0.25) is 0 Å². The molecule has 0 aromatic heterocycles. The summed E-state index contributed by atoms with van der Waals surface area (Å²) in [5.74, 6) is 1.28. The second kappa shape index (κ2) is 6.04. The Hall–Kier alpha value is -1.92. The van der Waals surface area contributed by atoms with Crippen LogP contribution in [0, 0.1) is 17.3 Å². The lowest BCUT2D eigenvalue weighted by Crippen LogP contribution is -2.68. The van der Waals surface area contributed by atoms with Crippen molar-refractivity contribution < 1.29 is 19.4 Å². The summed E-state index contributed by atoms with van der Waals surface area (Å²) in [4.78, 5) is 20.7. The van der Waals surface area contributed by atoms with Crippen LogP contribution in [-0.2, 0) is 15.1 Å². The fraction of sp³-hybridized carbons (Fsp3) is 0.636. The van der Waals surface area contributed by atoms with E-state index in [2.05, 4.69) is 11.8 Å². The molecule has 150 valence electrons. The highest BCUT2D eigenvalue weighted by molar-refractivity contribution is 6.15. The highest BCUT2D eigenvalue weighted by Crippen LogP contribution is 2.59. The predicted octanol–water partition coefficient (Wildman–Crippen LogP) is 2.65. The summed E-state index contributed by atoms with van der Waals surface area (Å²) in [6.07, 6.45) is 3.40. The first kappa shape index (κ1) is 18.1. The summed E-state index contributed by atoms with van der Waals surface area (Å²) < 4.78 is 10.8. The third-order valence-corrected chi connectivity index (χ3v) is 7.61. The Labute approximate surface area is 165 Å². The fourth-order valence-electron chi connectivity index (χ4n) is 6.59. The topological polar surface area (TPSA) is 71.4 Å². The zero-order valence-electron chi connectivity index (χ0n) is 16.8. The number of aliphatic hydroxyl groups is 1. The molecule has 1 unspecified atom stereocenters. The Balaban J connectivity index is 1.74. The van der Waals surface area contributed by atoms with Crippen molar-refractivity contribution in [2.24, 2.45) is 22.2 Å². The maximum Gasteiger partial charge on any atom is 0.319 e. The summed E-state index contributed by atoms with van der Waals surface area (Å²) in [5, 5.41) is 12.0. The SMILES string of the molecule is CC[C@H]1C[C@H]2CN3CC[C@@]4(O)C(=Nc5ccc(OC)cc54)[C@](C(=O)OC)(C2)[C@H]13. The predicted molar refractivity (Wildman–Crippen MR) is 105 cm³/mol. The van der Waals surface area contributed by atoms with Gasteiger partial charge in [0.05, 0.1) is 25.6 Å². The van der Waals surface area contributed by atoms with Crippen molar-refractivity contribution in [2.45, 2.75) is 44.2 Å². The molecule has 0 amide bonds. The number of carbonyl (C=O) groups excluding carboxylic acids is 1. The van der Waals surface area contributed by atoms with Gasteiger partial charge in [-0.15, -0.1) is 0 Å². The van der Waals surface area contributed by atoms with E-state index in [9.17, 15) is 9.90 Å². The first-order valence-electron chi connectivity index (χ1n) is 10.3. The van der Waals surface area contributed by atoms with Gasteiger partial charge in [-0.1, -0.05) is 13.3 Å². The normalized spacial score (nSPS) is 40.2. The monoisotopic (exact) mass is 384 g/mol. The number of hydrogen-bond acceptors (Lipinski definition) is 6. The van der Waals surface area contributed by atoms with Gasteiger partial charge < -0.3 is 14.6 Å². The minimum Gasteiger partial charge on any atom is -0.497 e. The second-order valence-corrected chi connectivity index (χ2v) is 8.83. The van der Waals surface area contributed by atoms with Crippen molar-refractivity contribution in [3.05, 3.63) is 23.8 Å². The molecule has 5 aliphatic rings. The third kappa shape index (κ3) is 2.10. The molecule has 0 spiro atoms. The van der Waals surface area contributed by atoms with Crippen LogP contribution in [0.5, 0.6) is 5.75 Å². The molecule has 0 radical (unpaired) electrons. The number of esters is 1. The molecule has 4 aliphatic heterocycles. The molecule has 4 bridgehead atoms. The van der Waals surface area contributed by atoms with Crippen LogP contribution in [-0.4, -0.2) is 55.0 Å². The van der Waals surface area contributed by atoms with Gasteiger partial charge in [0.2, 0.25) is 0 Å². The number of ether oxygens (including phenoxy) is 2. The highest BCUT2D eigenvalue weighted by atomic mass is 16.5. The van der Waals surface area contributed by atoms with E-state index in [0.717, 1.165) is 37.2 Å². The number of carbonyl (C=O) groups is 1. The van der Waals surface area contributed by atoms with E-state index in [1.807, 2.05) is 18.2 Å². The molecule has 6 rings (SSSR count). The van der Waals surface area contributed by atoms with Crippen LogP contribution < -0.4 is 4.74 Å². The van der Waals surface area contributed by atoms with Gasteiger partial charge in [0.15, 0.2) is 0 Å². The molecule has 1 aromatic rings. The fourth-order valence-corrected chi connectivity index (χ4v) is 6.59. The summed E-state index contributed by atoms with van der Waals surface area (Å²) >= 11 is 0. The number of rotatable bonds is 3. The van der Waals surface area contributed by atoms with E-state index in [1.54, 1.807) is 7.11 Å². The number of fused-ring (bicyclic) bond motifs is 4. The molecule has 1 aliphatic carbocycles. The zero-order valence-corrected chi connectivity index (χ0v) is 16.8. The number of piperidine rings is 2. The first-order valence-corrected chi connectivity index (χ1v) is 10.3. The van der Waals surface area contributed by atoms with E-state index < -0.39 is 11.0 Å². The molecule has 1 aromatic carbocycles. The maximum atomic E-state index is 13.4. The third-order valence-electron chi connectivity index (χ3n) is 7.61. The van der Waals surface area contributed by atoms with Gasteiger partial charge in [-0.25, -0.2) is 0 Å². The Morgan fingerprint density at radius 3 is 2.93 bits per heavy atom. The first-order chi connectivity index (χ1) is 13.5. The van der Waals surface area contributed by atoms with Crippen molar-refractivity contribution in [2.75, 3.05) is 27.3 Å². The average molecular weight is 384 g/mol. The summed E-state index contributed by atoms with van der Waals surface area (Å²) in [6.45, 7) is 3.95. The molecule has 4 heterocycles. The van der Waals surface area contributed by atoms with E-state index in [1.165, 1.54) is 7.11 Å². The highest BCUT2D eigenvalue weighted by Gasteiger charge is 2.68. The van der Waals surface area contributed by atoms with Crippen molar-refractivity contribution in [3.8, 4) is 5.75 Å². The van der Waals surface area contributed by atoms with Gasteiger partial charge in [-0.05, 0) is 49.3 Å². The van der Waals surface area contributed by atoms with E-state index in [-0.39, 0.29) is 12.0 Å². The van der Waals surface area contributed by atoms with Gasteiger partial charge in [-0.3, -0.25) is 14.7 Å². The van der Waals surface area contributed by atoms with Crippen molar-refractivity contribution >= 4 is 17.4 Å². The Morgan fingerprint density at radius 1 is 1.39 bits per heavy atom. The van der Waals surface area contributed by atoms with Crippen molar-refractivity contribution in [1.82, 2.24) is 4.90 Å². The number of nitrogens with zero attached hydrogens (tertiary/aromatic N) is 2. The molecule has 6 nitrogen and oxygen atoms in total. The average Bonchev–Trinajstić information content (AvgIpc) is 3.00. The Kier molecular flexibility index (Phi) is 3.91. The lowest BCUT2D eigenvalue weighted by atomic mass is 9.54. The molecule has 6 heteroatoms. The van der Waals surface area contributed by atoms with Crippen LogP contribution in [0.15, 0.2) is 23.2 Å². The van der Waals surface area contributed by atoms with Gasteiger partial charge in [0.1, 0.15) is 16.8 Å². The van der Waals surface area contributed by atoms with Crippen LogP contribution in [0.4, 0.5) is 5.69 Å². The van der Waals surface area contributed by atoms with Crippen LogP contribution in [0.1, 0.15) is 38.2 Å². The zero-order chi connectivity index (χ0) is 19.7. The van der Waals surface area contributed by atoms with Gasteiger partial charge in [-0.2, -0.15) is 0 Å². The van der Waals surface area contributed by atoms with Crippen molar-refractivity contribution in [3.63, 3.8) is 0 Å². The molecular weight excluding hydrogens is 356 g/mol. The van der Waals surface area contributed by atoms with Crippen molar-refractivity contribution in [1.29, 1.82) is 0 Å². The molecule has 1 N–H and O–H groups in total. The lowest BCUT2D eigenvalue weighted by molar-refractivity contribution is -0.164. The summed E-state index contributed by atoms with van der Waals surface area (Å²) in [6, 6.07) is 5.65. The molecule has 4 fully saturated rings. The Bertz CT molecular complexity index is 868. The molecular formula is C22H28N2O4. The Morgan fingerprint density at radius 2 is 2.21 bits per heavy atom. The lowest BCUT2D eigenvalue weighted by Gasteiger charge is -2.58. The van der Waals surface area contributed by atoms with E-state index in [4.69, 9.17) is 14.5 Å². The smallest absolute Gasteiger partial charge is 0.319 e. The van der Waals surface area contributed by atoms with E-state index in [0.29, 0.717) is 36.1 Å². The van der Waals surface area contributed by atoms with Crippen LogP contribution in [0.3, 0.4) is 0 Å². The minimum absolute atomic E-state index is 0.0407. The molecule has 1 saturated carbocycles. The van der Waals surface area contributed by atoms with Gasteiger partial charge >= 0.3 is 5.97 Å². The van der Waals surface area contributed by atoms with Crippen LogP contribution in [0.25, 0.3) is 0 Å². The maximum absolute atomic E-state index is 13.4. The second-order valence-electron chi connectivity index (χ2n) is 8.83. The number of hydrogen-bond donors (Lipinski definition) is 1. The quantitative estimate of drug-likeness (QED) is 0.812. The van der Waals surface area contributed by atoms with Gasteiger partial charge in [0.25, 0.3) is 0 Å². The number of methoxy groups -OCH3 is 2. The van der Waals surface area contributed by atoms with Crippen LogP contribution >= 0.6 is 0 Å². The van der Waals surface area contributed by atoms with E-state index >= 15 is 0 Å². The summed E-state index contributed by atoms with van der Waals surface area (Å²) in [7, 11) is 3.08.